The predicted molar refractivity (Wildman–Crippen MR) is 96.3 cm³/mol. The highest BCUT2D eigenvalue weighted by molar-refractivity contribution is 7.89. The van der Waals surface area contributed by atoms with Crippen LogP contribution in [0.2, 0.25) is 0 Å². The third kappa shape index (κ3) is 3.21. The van der Waals surface area contributed by atoms with Crippen LogP contribution < -0.4 is 0 Å². The monoisotopic (exact) mass is 357 g/mol. The average molecular weight is 357 g/mol. The molecule has 1 saturated heterocycles. The average Bonchev–Trinajstić information content (AvgIpc) is 3.24. The number of aromatic amines is 1. The maximum Gasteiger partial charge on any atom is 0.227 e. The van der Waals surface area contributed by atoms with Crippen LogP contribution in [-0.4, -0.2) is 48.3 Å². The molecule has 8 heteroatoms. The first kappa shape index (κ1) is 17.3. The number of nitrogens with one attached hydrogen (secondary N) is 1. The first-order valence-corrected chi connectivity index (χ1v) is 9.53. The molecule has 2 aromatic rings. The summed E-state index contributed by atoms with van der Waals surface area (Å²) in [6.45, 7) is 6.32. The number of nitrogens with zero attached hydrogens (tertiary/aromatic N) is 4. The number of nitriles is 1. The first-order valence-electron chi connectivity index (χ1n) is 7.92. The molecular weight excluding hydrogens is 338 g/mol. The summed E-state index contributed by atoms with van der Waals surface area (Å²) in [6, 6.07) is 5.60. The Morgan fingerprint density at radius 2 is 2.32 bits per heavy atom. The van der Waals surface area contributed by atoms with E-state index in [1.807, 2.05) is 19.1 Å². The van der Waals surface area contributed by atoms with E-state index in [-0.39, 0.29) is 5.92 Å². The van der Waals surface area contributed by atoms with Gasteiger partial charge in [-0.05, 0) is 43.7 Å². The van der Waals surface area contributed by atoms with E-state index in [4.69, 9.17) is 5.26 Å². The second-order valence-corrected chi connectivity index (χ2v) is 7.99. The lowest BCUT2D eigenvalue weighted by molar-refractivity contribution is 0.476. The van der Waals surface area contributed by atoms with E-state index in [1.165, 1.54) is 4.31 Å². The van der Waals surface area contributed by atoms with Gasteiger partial charge in [-0.2, -0.15) is 5.26 Å². The van der Waals surface area contributed by atoms with Crippen molar-refractivity contribution >= 4 is 22.6 Å². The third-order valence-electron chi connectivity index (χ3n) is 4.56. The van der Waals surface area contributed by atoms with E-state index >= 15 is 0 Å². The first-order chi connectivity index (χ1) is 12.0. The fraction of sp³-hybridized carbons (Fsp3) is 0.353. The van der Waals surface area contributed by atoms with Crippen molar-refractivity contribution in [3.05, 3.63) is 35.8 Å². The normalized spacial score (nSPS) is 18.2. The Labute approximate surface area is 147 Å². The minimum Gasteiger partial charge on any atom is -0.346 e. The molecule has 1 unspecified atom stereocenters. The van der Waals surface area contributed by atoms with Crippen LogP contribution in [-0.2, 0) is 10.0 Å². The van der Waals surface area contributed by atoms with Gasteiger partial charge in [0.2, 0.25) is 10.0 Å². The number of sulfonamides is 1. The Balaban J connectivity index is 1.99. The van der Waals surface area contributed by atoms with E-state index in [2.05, 4.69) is 21.7 Å². The van der Waals surface area contributed by atoms with Gasteiger partial charge in [-0.3, -0.25) is 4.98 Å². The molecular formula is C17H19N5O2S. The van der Waals surface area contributed by atoms with Gasteiger partial charge < -0.3 is 4.98 Å². The molecule has 1 fully saturated rings. The molecule has 3 heterocycles. The number of aromatic nitrogens is 2. The molecule has 1 aliphatic rings. The SMILES string of the molecule is C=Nc1[nH]ccc1-c1c(C2CCN(S(=O)(=O)CC#N)C2)ccnc1C. The zero-order chi connectivity index (χ0) is 18.0. The van der Waals surface area contributed by atoms with E-state index in [1.54, 1.807) is 18.5 Å². The summed E-state index contributed by atoms with van der Waals surface area (Å²) in [5.41, 5.74) is 3.79. The predicted octanol–water partition coefficient (Wildman–Crippen LogP) is 2.36. The minimum atomic E-state index is -3.52. The highest BCUT2D eigenvalue weighted by atomic mass is 32.2. The lowest BCUT2D eigenvalue weighted by Gasteiger charge is -2.18. The number of pyridine rings is 1. The van der Waals surface area contributed by atoms with Gasteiger partial charge in [0.1, 0.15) is 5.82 Å². The van der Waals surface area contributed by atoms with E-state index < -0.39 is 15.8 Å². The molecule has 3 rings (SSSR count). The number of H-pyrrole nitrogens is 1. The van der Waals surface area contributed by atoms with Crippen molar-refractivity contribution in [2.24, 2.45) is 4.99 Å². The molecule has 130 valence electrons. The number of aliphatic imine (C=N–C) groups is 1. The van der Waals surface area contributed by atoms with Gasteiger partial charge in [0.15, 0.2) is 5.75 Å². The molecule has 0 aliphatic carbocycles. The Morgan fingerprint density at radius 1 is 1.52 bits per heavy atom. The Kier molecular flexibility index (Phi) is 4.70. The summed E-state index contributed by atoms with van der Waals surface area (Å²) < 4.78 is 25.7. The molecule has 0 amide bonds. The van der Waals surface area contributed by atoms with Gasteiger partial charge in [0.05, 0.1) is 6.07 Å². The van der Waals surface area contributed by atoms with Gasteiger partial charge >= 0.3 is 0 Å². The minimum absolute atomic E-state index is 0.0535. The molecule has 0 aromatic carbocycles. The van der Waals surface area contributed by atoms with Crippen molar-refractivity contribution in [1.29, 1.82) is 5.26 Å². The summed E-state index contributed by atoms with van der Waals surface area (Å²) in [7, 11) is -3.52. The lowest BCUT2D eigenvalue weighted by atomic mass is 9.90. The van der Waals surface area contributed by atoms with Crippen molar-refractivity contribution < 1.29 is 8.42 Å². The highest BCUT2D eigenvalue weighted by Crippen LogP contribution is 2.39. The number of hydrogen-bond acceptors (Lipinski definition) is 5. The number of hydrogen-bond donors (Lipinski definition) is 1. The van der Waals surface area contributed by atoms with Gasteiger partial charge in [0.25, 0.3) is 0 Å². The lowest BCUT2D eigenvalue weighted by Crippen LogP contribution is -2.30. The van der Waals surface area contributed by atoms with E-state index in [9.17, 15) is 8.42 Å². The van der Waals surface area contributed by atoms with Crippen molar-refractivity contribution in [3.63, 3.8) is 0 Å². The number of aryl methyl sites for hydroxylation is 1. The van der Waals surface area contributed by atoms with Crippen LogP contribution in [0.1, 0.15) is 23.6 Å². The summed E-state index contributed by atoms with van der Waals surface area (Å²) in [5, 5.41) is 8.72. The quantitative estimate of drug-likeness (QED) is 0.830. The van der Waals surface area contributed by atoms with Crippen LogP contribution >= 0.6 is 0 Å². The zero-order valence-electron chi connectivity index (χ0n) is 13.9. The van der Waals surface area contributed by atoms with Crippen molar-refractivity contribution in [3.8, 4) is 17.2 Å². The molecule has 7 nitrogen and oxygen atoms in total. The summed E-state index contributed by atoms with van der Waals surface area (Å²) in [5.74, 6) is 0.242. The third-order valence-corrected chi connectivity index (χ3v) is 6.17. The van der Waals surface area contributed by atoms with Crippen LogP contribution in [0.3, 0.4) is 0 Å². The molecule has 0 bridgehead atoms. The molecule has 1 aliphatic heterocycles. The van der Waals surface area contributed by atoms with Gasteiger partial charge in [-0.25, -0.2) is 17.7 Å². The van der Waals surface area contributed by atoms with Crippen LogP contribution in [0.15, 0.2) is 29.5 Å². The molecule has 25 heavy (non-hydrogen) atoms. The molecule has 0 spiro atoms. The molecule has 2 aromatic heterocycles. The topological polar surface area (TPSA) is 102 Å². The van der Waals surface area contributed by atoms with Crippen LogP contribution in [0.4, 0.5) is 5.82 Å². The zero-order valence-corrected chi connectivity index (χ0v) is 14.8. The number of rotatable bonds is 5. The Bertz CT molecular complexity index is 942. The van der Waals surface area contributed by atoms with Crippen LogP contribution in [0, 0.1) is 18.3 Å². The summed E-state index contributed by atoms with van der Waals surface area (Å²) in [6.07, 6.45) is 4.25. The highest BCUT2D eigenvalue weighted by Gasteiger charge is 2.33. The second-order valence-electron chi connectivity index (χ2n) is 6.02. The standard InChI is InChI=1S/C17H19N5O2S/c1-12-16(15-4-8-21-17(15)19-2)14(3-7-20-12)13-5-9-22(11-13)25(23,24)10-6-18/h3-4,7-8,13,21H,2,5,9-11H2,1H3. The second kappa shape index (κ2) is 6.78. The van der Waals surface area contributed by atoms with Gasteiger partial charge in [-0.1, -0.05) is 0 Å². The van der Waals surface area contributed by atoms with Crippen molar-refractivity contribution in [1.82, 2.24) is 14.3 Å². The maximum atomic E-state index is 12.2. The van der Waals surface area contributed by atoms with Crippen LogP contribution in [0.5, 0.6) is 0 Å². The van der Waals surface area contributed by atoms with Crippen molar-refractivity contribution in [2.75, 3.05) is 18.8 Å². The summed E-state index contributed by atoms with van der Waals surface area (Å²) >= 11 is 0. The smallest absolute Gasteiger partial charge is 0.227 e. The van der Waals surface area contributed by atoms with Crippen LogP contribution in [0.25, 0.3) is 11.1 Å². The molecule has 0 radical (unpaired) electrons. The fourth-order valence-corrected chi connectivity index (χ4v) is 4.51. The van der Waals surface area contributed by atoms with E-state index in [0.717, 1.165) is 22.4 Å². The van der Waals surface area contributed by atoms with Gasteiger partial charge in [-0.15, -0.1) is 0 Å². The largest absolute Gasteiger partial charge is 0.346 e. The Hall–Kier alpha value is -2.50. The Morgan fingerprint density at radius 3 is 3.04 bits per heavy atom. The molecule has 0 saturated carbocycles. The maximum absolute atomic E-state index is 12.2. The van der Waals surface area contributed by atoms with E-state index in [0.29, 0.717) is 25.3 Å². The van der Waals surface area contributed by atoms with Crippen molar-refractivity contribution in [2.45, 2.75) is 19.3 Å². The fourth-order valence-electron chi connectivity index (χ4n) is 3.38. The van der Waals surface area contributed by atoms with Gasteiger partial charge in [0, 0.05) is 42.3 Å². The molecule has 1 atom stereocenters. The summed E-state index contributed by atoms with van der Waals surface area (Å²) in [4.78, 5) is 11.5. The molecule has 1 N–H and O–H groups in total.